The van der Waals surface area contributed by atoms with E-state index in [9.17, 15) is 0 Å². The third-order valence-electron chi connectivity index (χ3n) is 2.56. The lowest BCUT2D eigenvalue weighted by molar-refractivity contribution is 0.0943. The Hall–Kier alpha value is -0.0800. The molecule has 1 aliphatic heterocycles. The van der Waals surface area contributed by atoms with Gasteiger partial charge in [0.15, 0.2) is 0 Å². The molecule has 0 aromatic rings. The standard InChI is InChI=1S/C10H21NO/c1-3-9(11-4-2)8-10-6-5-7-12-10/h9-11H,3-8H2,1-2H3. The Balaban J connectivity index is 2.16. The Kier molecular flexibility index (Phi) is 4.62. The van der Waals surface area contributed by atoms with Crippen LogP contribution >= 0.6 is 0 Å². The molecule has 2 unspecified atom stereocenters. The van der Waals surface area contributed by atoms with Gasteiger partial charge in [0.25, 0.3) is 0 Å². The van der Waals surface area contributed by atoms with Crippen molar-refractivity contribution in [3.8, 4) is 0 Å². The van der Waals surface area contributed by atoms with Crippen molar-refractivity contribution in [3.05, 3.63) is 0 Å². The van der Waals surface area contributed by atoms with Gasteiger partial charge in [-0.25, -0.2) is 0 Å². The molecule has 0 radical (unpaired) electrons. The van der Waals surface area contributed by atoms with E-state index in [1.165, 1.54) is 25.7 Å². The molecule has 0 aromatic carbocycles. The summed E-state index contributed by atoms with van der Waals surface area (Å²) in [5.74, 6) is 0. The minimum absolute atomic E-state index is 0.536. The molecule has 2 nitrogen and oxygen atoms in total. The molecule has 1 rings (SSSR count). The van der Waals surface area contributed by atoms with Gasteiger partial charge in [-0.05, 0) is 32.2 Å². The molecule has 1 aliphatic rings. The molecule has 72 valence electrons. The molecule has 1 heterocycles. The highest BCUT2D eigenvalue weighted by Gasteiger charge is 2.18. The van der Waals surface area contributed by atoms with Crippen LogP contribution in [-0.2, 0) is 4.74 Å². The average Bonchev–Trinajstić information content (AvgIpc) is 2.56. The highest BCUT2D eigenvalue weighted by molar-refractivity contribution is 4.73. The van der Waals surface area contributed by atoms with Crippen LogP contribution in [0.5, 0.6) is 0 Å². The van der Waals surface area contributed by atoms with Crippen molar-refractivity contribution in [2.75, 3.05) is 13.2 Å². The summed E-state index contributed by atoms with van der Waals surface area (Å²) in [6.07, 6.45) is 5.47. The lowest BCUT2D eigenvalue weighted by Crippen LogP contribution is -2.31. The van der Waals surface area contributed by atoms with E-state index in [1.807, 2.05) is 0 Å². The Labute approximate surface area is 75.7 Å². The molecule has 0 bridgehead atoms. The van der Waals surface area contributed by atoms with Crippen molar-refractivity contribution in [2.24, 2.45) is 0 Å². The lowest BCUT2D eigenvalue weighted by Gasteiger charge is -2.19. The first-order chi connectivity index (χ1) is 5.86. The Morgan fingerprint density at radius 3 is 2.83 bits per heavy atom. The predicted octanol–water partition coefficient (Wildman–Crippen LogP) is 1.94. The minimum Gasteiger partial charge on any atom is -0.378 e. The topological polar surface area (TPSA) is 21.3 Å². The molecule has 0 aromatic heterocycles. The molecule has 2 atom stereocenters. The van der Waals surface area contributed by atoms with Gasteiger partial charge in [0, 0.05) is 12.6 Å². The van der Waals surface area contributed by atoms with Gasteiger partial charge in [-0.2, -0.15) is 0 Å². The molecule has 1 N–H and O–H groups in total. The van der Waals surface area contributed by atoms with Gasteiger partial charge in [0.2, 0.25) is 0 Å². The summed E-state index contributed by atoms with van der Waals surface area (Å²) in [7, 11) is 0. The van der Waals surface area contributed by atoms with Gasteiger partial charge in [-0.15, -0.1) is 0 Å². The van der Waals surface area contributed by atoms with Gasteiger partial charge >= 0.3 is 0 Å². The van der Waals surface area contributed by atoms with Gasteiger partial charge in [0.05, 0.1) is 6.10 Å². The summed E-state index contributed by atoms with van der Waals surface area (Å²) in [5.41, 5.74) is 0. The van der Waals surface area contributed by atoms with Gasteiger partial charge in [-0.3, -0.25) is 0 Å². The molecule has 0 spiro atoms. The van der Waals surface area contributed by atoms with Crippen LogP contribution in [0.3, 0.4) is 0 Å². The first kappa shape index (κ1) is 10.0. The SMILES string of the molecule is CCNC(CC)CC1CCCO1. The zero-order chi connectivity index (χ0) is 8.81. The fourth-order valence-electron chi connectivity index (χ4n) is 1.83. The molecular weight excluding hydrogens is 150 g/mol. The summed E-state index contributed by atoms with van der Waals surface area (Å²) in [6, 6.07) is 0.665. The molecule has 0 saturated carbocycles. The second kappa shape index (κ2) is 5.55. The van der Waals surface area contributed by atoms with Gasteiger partial charge in [-0.1, -0.05) is 13.8 Å². The first-order valence-electron chi connectivity index (χ1n) is 5.21. The minimum atomic E-state index is 0.536. The van der Waals surface area contributed by atoms with Crippen LogP contribution < -0.4 is 5.32 Å². The third kappa shape index (κ3) is 3.11. The van der Waals surface area contributed by atoms with Gasteiger partial charge in [0.1, 0.15) is 0 Å². The second-order valence-electron chi connectivity index (χ2n) is 3.53. The molecular formula is C10H21NO. The van der Waals surface area contributed by atoms with Crippen molar-refractivity contribution in [3.63, 3.8) is 0 Å². The van der Waals surface area contributed by atoms with Crippen molar-refractivity contribution < 1.29 is 4.74 Å². The number of rotatable bonds is 5. The Morgan fingerprint density at radius 2 is 2.33 bits per heavy atom. The maximum atomic E-state index is 5.59. The quantitative estimate of drug-likeness (QED) is 0.682. The van der Waals surface area contributed by atoms with Crippen LogP contribution in [0, 0.1) is 0 Å². The van der Waals surface area contributed by atoms with E-state index < -0.39 is 0 Å². The van der Waals surface area contributed by atoms with Crippen molar-refractivity contribution in [1.82, 2.24) is 5.32 Å². The Bertz CT molecular complexity index is 110. The van der Waals surface area contributed by atoms with E-state index >= 15 is 0 Å². The molecule has 12 heavy (non-hydrogen) atoms. The van der Waals surface area contributed by atoms with Crippen LogP contribution in [-0.4, -0.2) is 25.3 Å². The van der Waals surface area contributed by atoms with Crippen LogP contribution in [0.4, 0.5) is 0 Å². The monoisotopic (exact) mass is 171 g/mol. The normalized spacial score (nSPS) is 26.0. The summed E-state index contributed by atoms with van der Waals surface area (Å²) in [4.78, 5) is 0. The van der Waals surface area contributed by atoms with Gasteiger partial charge < -0.3 is 10.1 Å². The number of nitrogens with one attached hydrogen (secondary N) is 1. The number of hydrogen-bond donors (Lipinski definition) is 1. The molecule has 1 fully saturated rings. The molecule has 0 amide bonds. The van der Waals surface area contributed by atoms with E-state index in [0.29, 0.717) is 12.1 Å². The van der Waals surface area contributed by atoms with Crippen LogP contribution in [0.15, 0.2) is 0 Å². The Morgan fingerprint density at radius 1 is 1.50 bits per heavy atom. The van der Waals surface area contributed by atoms with E-state index in [0.717, 1.165) is 13.2 Å². The number of ether oxygens (including phenoxy) is 1. The van der Waals surface area contributed by atoms with E-state index in [-0.39, 0.29) is 0 Å². The largest absolute Gasteiger partial charge is 0.378 e. The van der Waals surface area contributed by atoms with E-state index in [2.05, 4.69) is 19.2 Å². The fourth-order valence-corrected chi connectivity index (χ4v) is 1.83. The maximum absolute atomic E-state index is 5.59. The summed E-state index contributed by atoms with van der Waals surface area (Å²) in [5, 5.41) is 3.48. The van der Waals surface area contributed by atoms with E-state index in [4.69, 9.17) is 4.74 Å². The highest BCUT2D eigenvalue weighted by Crippen LogP contribution is 2.17. The van der Waals surface area contributed by atoms with Crippen molar-refractivity contribution in [1.29, 1.82) is 0 Å². The first-order valence-corrected chi connectivity index (χ1v) is 5.21. The summed E-state index contributed by atoms with van der Waals surface area (Å²) in [6.45, 7) is 6.46. The average molecular weight is 171 g/mol. The van der Waals surface area contributed by atoms with Crippen molar-refractivity contribution in [2.45, 2.75) is 51.7 Å². The second-order valence-corrected chi connectivity index (χ2v) is 3.53. The third-order valence-corrected chi connectivity index (χ3v) is 2.56. The summed E-state index contributed by atoms with van der Waals surface area (Å²) < 4.78 is 5.59. The number of hydrogen-bond acceptors (Lipinski definition) is 2. The maximum Gasteiger partial charge on any atom is 0.0590 e. The smallest absolute Gasteiger partial charge is 0.0590 e. The zero-order valence-corrected chi connectivity index (χ0v) is 8.31. The zero-order valence-electron chi connectivity index (χ0n) is 8.31. The van der Waals surface area contributed by atoms with E-state index in [1.54, 1.807) is 0 Å². The van der Waals surface area contributed by atoms with Crippen LogP contribution in [0.1, 0.15) is 39.5 Å². The van der Waals surface area contributed by atoms with Crippen LogP contribution in [0.25, 0.3) is 0 Å². The summed E-state index contributed by atoms with van der Waals surface area (Å²) >= 11 is 0. The highest BCUT2D eigenvalue weighted by atomic mass is 16.5. The fraction of sp³-hybridized carbons (Fsp3) is 1.00. The predicted molar refractivity (Wildman–Crippen MR) is 51.3 cm³/mol. The molecule has 2 heteroatoms. The van der Waals surface area contributed by atoms with Crippen molar-refractivity contribution >= 4 is 0 Å². The lowest BCUT2D eigenvalue weighted by atomic mass is 10.0. The molecule has 0 aliphatic carbocycles. The molecule has 1 saturated heterocycles. The van der Waals surface area contributed by atoms with Crippen LogP contribution in [0.2, 0.25) is 0 Å².